The predicted molar refractivity (Wildman–Crippen MR) is 89.8 cm³/mol. The number of imide groups is 1. The molecule has 1 saturated heterocycles. The first kappa shape index (κ1) is 17.6. The van der Waals surface area contributed by atoms with Crippen molar-refractivity contribution in [1.29, 1.82) is 0 Å². The fourth-order valence-corrected chi connectivity index (χ4v) is 3.70. The van der Waals surface area contributed by atoms with Crippen molar-refractivity contribution < 1.29 is 18.8 Å². The number of carbonyl (C=O) groups is 3. The number of benzene rings is 1. The SMILES string of the molecule is Cc1ccc(CNC(=O)CCN2C(=O)C3CCCCC3C2=O)cc1F. The van der Waals surface area contributed by atoms with Gasteiger partial charge in [-0.25, -0.2) is 4.39 Å². The zero-order valence-electron chi connectivity index (χ0n) is 14.4. The number of aryl methyl sites for hydroxylation is 1. The van der Waals surface area contributed by atoms with Crippen LogP contribution in [0.15, 0.2) is 18.2 Å². The van der Waals surface area contributed by atoms with Crippen LogP contribution in [-0.4, -0.2) is 29.2 Å². The second-order valence-electron chi connectivity index (χ2n) is 6.94. The van der Waals surface area contributed by atoms with Gasteiger partial charge in [-0.15, -0.1) is 0 Å². The van der Waals surface area contributed by atoms with Gasteiger partial charge < -0.3 is 5.32 Å². The number of hydrogen-bond donors (Lipinski definition) is 1. The van der Waals surface area contributed by atoms with Gasteiger partial charge in [-0.3, -0.25) is 19.3 Å². The normalized spacial score (nSPS) is 22.9. The van der Waals surface area contributed by atoms with E-state index in [0.29, 0.717) is 11.1 Å². The van der Waals surface area contributed by atoms with Gasteiger partial charge in [-0.05, 0) is 37.0 Å². The number of halogens is 1. The monoisotopic (exact) mass is 346 g/mol. The summed E-state index contributed by atoms with van der Waals surface area (Å²) in [5.74, 6) is -1.16. The number of amides is 3. The van der Waals surface area contributed by atoms with Crippen LogP contribution in [0.2, 0.25) is 0 Å². The minimum Gasteiger partial charge on any atom is -0.352 e. The Balaban J connectivity index is 1.49. The summed E-state index contributed by atoms with van der Waals surface area (Å²) in [4.78, 5) is 37.9. The van der Waals surface area contributed by atoms with Crippen LogP contribution in [0.4, 0.5) is 4.39 Å². The smallest absolute Gasteiger partial charge is 0.233 e. The maximum atomic E-state index is 13.5. The largest absolute Gasteiger partial charge is 0.352 e. The Bertz CT molecular complexity index is 680. The fourth-order valence-electron chi connectivity index (χ4n) is 3.70. The highest BCUT2D eigenvalue weighted by Crippen LogP contribution is 2.37. The standard InChI is InChI=1S/C19H23FN2O3/c1-12-6-7-13(10-16(12)20)11-21-17(23)8-9-22-18(24)14-4-2-3-5-15(14)19(22)25/h6-7,10,14-15H,2-5,8-9,11H2,1H3,(H,21,23). The van der Waals surface area contributed by atoms with Crippen molar-refractivity contribution in [3.63, 3.8) is 0 Å². The molecule has 2 unspecified atom stereocenters. The van der Waals surface area contributed by atoms with Crippen LogP contribution < -0.4 is 5.32 Å². The fraction of sp³-hybridized carbons (Fsp3) is 0.526. The molecule has 1 aromatic rings. The third kappa shape index (κ3) is 3.72. The van der Waals surface area contributed by atoms with E-state index in [0.717, 1.165) is 25.7 Å². The van der Waals surface area contributed by atoms with Crippen LogP contribution in [0.25, 0.3) is 0 Å². The Morgan fingerprint density at radius 3 is 2.44 bits per heavy atom. The minimum atomic E-state index is -0.303. The molecule has 3 rings (SSSR count). The van der Waals surface area contributed by atoms with Crippen LogP contribution in [0.1, 0.15) is 43.2 Å². The van der Waals surface area contributed by atoms with E-state index in [9.17, 15) is 18.8 Å². The summed E-state index contributed by atoms with van der Waals surface area (Å²) in [7, 11) is 0. The second-order valence-corrected chi connectivity index (χ2v) is 6.94. The van der Waals surface area contributed by atoms with E-state index < -0.39 is 0 Å². The molecule has 6 heteroatoms. The molecule has 1 aliphatic heterocycles. The van der Waals surface area contributed by atoms with Crippen molar-refractivity contribution in [2.75, 3.05) is 6.54 Å². The maximum Gasteiger partial charge on any atom is 0.233 e. The van der Waals surface area contributed by atoms with Gasteiger partial charge in [0.1, 0.15) is 5.82 Å². The first-order valence-corrected chi connectivity index (χ1v) is 8.84. The van der Waals surface area contributed by atoms with Crippen molar-refractivity contribution in [2.24, 2.45) is 11.8 Å². The molecule has 0 radical (unpaired) electrons. The molecule has 2 aliphatic rings. The molecule has 1 N–H and O–H groups in total. The molecule has 0 aromatic heterocycles. The molecule has 1 aliphatic carbocycles. The van der Waals surface area contributed by atoms with Gasteiger partial charge in [0.15, 0.2) is 0 Å². The van der Waals surface area contributed by atoms with E-state index in [1.165, 1.54) is 11.0 Å². The van der Waals surface area contributed by atoms with E-state index in [1.54, 1.807) is 19.1 Å². The average Bonchev–Trinajstić information content (AvgIpc) is 2.85. The molecule has 1 heterocycles. The van der Waals surface area contributed by atoms with Crippen molar-refractivity contribution in [1.82, 2.24) is 10.2 Å². The van der Waals surface area contributed by atoms with Gasteiger partial charge in [0.2, 0.25) is 17.7 Å². The molecule has 5 nitrogen and oxygen atoms in total. The van der Waals surface area contributed by atoms with Crippen LogP contribution in [-0.2, 0) is 20.9 Å². The summed E-state index contributed by atoms with van der Waals surface area (Å²) in [6.07, 6.45) is 3.60. The number of hydrogen-bond acceptors (Lipinski definition) is 3. The summed E-state index contributed by atoms with van der Waals surface area (Å²) >= 11 is 0. The van der Waals surface area contributed by atoms with Gasteiger partial charge in [0, 0.05) is 19.5 Å². The lowest BCUT2D eigenvalue weighted by atomic mass is 9.81. The number of carbonyl (C=O) groups excluding carboxylic acids is 3. The molecule has 2 fully saturated rings. The van der Waals surface area contributed by atoms with Gasteiger partial charge in [0.25, 0.3) is 0 Å². The highest BCUT2D eigenvalue weighted by Gasteiger charge is 2.47. The Morgan fingerprint density at radius 2 is 1.84 bits per heavy atom. The third-order valence-corrected chi connectivity index (χ3v) is 5.22. The van der Waals surface area contributed by atoms with E-state index in [-0.39, 0.29) is 54.9 Å². The Kier molecular flexibility index (Phi) is 5.16. The summed E-state index contributed by atoms with van der Waals surface area (Å²) < 4.78 is 13.5. The minimum absolute atomic E-state index is 0.0747. The van der Waals surface area contributed by atoms with Gasteiger partial charge in [-0.2, -0.15) is 0 Å². The quantitative estimate of drug-likeness (QED) is 0.832. The topological polar surface area (TPSA) is 66.5 Å². The van der Waals surface area contributed by atoms with Crippen molar-refractivity contribution in [3.8, 4) is 0 Å². The molecule has 1 saturated carbocycles. The molecule has 1 aromatic carbocycles. The van der Waals surface area contributed by atoms with Crippen molar-refractivity contribution in [3.05, 3.63) is 35.1 Å². The number of nitrogens with zero attached hydrogens (tertiary/aromatic N) is 1. The number of nitrogens with one attached hydrogen (secondary N) is 1. The molecule has 3 amide bonds. The van der Waals surface area contributed by atoms with E-state index in [2.05, 4.69) is 5.32 Å². The zero-order chi connectivity index (χ0) is 18.0. The summed E-state index contributed by atoms with van der Waals surface area (Å²) in [6, 6.07) is 4.82. The lowest BCUT2D eigenvalue weighted by Crippen LogP contribution is -2.35. The first-order chi connectivity index (χ1) is 12.0. The summed E-state index contributed by atoms with van der Waals surface area (Å²) in [5.41, 5.74) is 1.23. The van der Waals surface area contributed by atoms with E-state index in [1.807, 2.05) is 0 Å². The third-order valence-electron chi connectivity index (χ3n) is 5.22. The zero-order valence-corrected chi connectivity index (χ0v) is 14.4. The Morgan fingerprint density at radius 1 is 1.20 bits per heavy atom. The molecule has 0 bridgehead atoms. The van der Waals surface area contributed by atoms with Crippen molar-refractivity contribution in [2.45, 2.75) is 45.6 Å². The highest BCUT2D eigenvalue weighted by atomic mass is 19.1. The van der Waals surface area contributed by atoms with E-state index in [4.69, 9.17) is 0 Å². The van der Waals surface area contributed by atoms with Crippen LogP contribution in [0, 0.1) is 24.6 Å². The first-order valence-electron chi connectivity index (χ1n) is 8.84. The van der Waals surface area contributed by atoms with E-state index >= 15 is 0 Å². The van der Waals surface area contributed by atoms with Gasteiger partial charge >= 0.3 is 0 Å². The Labute approximate surface area is 146 Å². The number of fused-ring (bicyclic) bond motifs is 1. The molecule has 25 heavy (non-hydrogen) atoms. The predicted octanol–water partition coefficient (Wildman–Crippen LogP) is 2.32. The average molecular weight is 346 g/mol. The van der Waals surface area contributed by atoms with Crippen LogP contribution in [0.5, 0.6) is 0 Å². The number of rotatable bonds is 5. The molecule has 134 valence electrons. The maximum absolute atomic E-state index is 13.5. The molecular formula is C19H23FN2O3. The summed E-state index contributed by atoms with van der Waals surface area (Å²) in [5, 5.41) is 2.71. The summed E-state index contributed by atoms with van der Waals surface area (Å²) in [6.45, 7) is 2.03. The van der Waals surface area contributed by atoms with Gasteiger partial charge in [-0.1, -0.05) is 25.0 Å². The molecule has 2 atom stereocenters. The van der Waals surface area contributed by atoms with Crippen LogP contribution >= 0.6 is 0 Å². The van der Waals surface area contributed by atoms with Crippen LogP contribution in [0.3, 0.4) is 0 Å². The highest BCUT2D eigenvalue weighted by molar-refractivity contribution is 6.05. The lowest BCUT2D eigenvalue weighted by Gasteiger charge is -2.19. The number of likely N-dealkylation sites (tertiary alicyclic amines) is 1. The molecule has 0 spiro atoms. The second kappa shape index (κ2) is 7.33. The lowest BCUT2D eigenvalue weighted by molar-refractivity contribution is -0.140. The molecular weight excluding hydrogens is 323 g/mol. The van der Waals surface area contributed by atoms with Gasteiger partial charge in [0.05, 0.1) is 11.8 Å². The Hall–Kier alpha value is -2.24. The van der Waals surface area contributed by atoms with Crippen molar-refractivity contribution >= 4 is 17.7 Å².